The van der Waals surface area contributed by atoms with E-state index in [9.17, 15) is 10.2 Å². The van der Waals surface area contributed by atoms with Gasteiger partial charge in [-0.3, -0.25) is 0 Å². The second-order valence-electron chi connectivity index (χ2n) is 9.17. The monoisotopic (exact) mass is 542 g/mol. The Morgan fingerprint density at radius 2 is 1.69 bits per heavy atom. The van der Waals surface area contributed by atoms with Crippen LogP contribution in [-0.4, -0.2) is 61.1 Å². The van der Waals surface area contributed by atoms with Gasteiger partial charge in [0.2, 0.25) is 0 Å². The van der Waals surface area contributed by atoms with Gasteiger partial charge in [-0.1, -0.05) is 38.0 Å². The summed E-state index contributed by atoms with van der Waals surface area (Å²) in [7, 11) is 1.66. The molecule has 1 aliphatic carbocycles. The number of fused-ring (bicyclic) bond motifs is 1. The lowest BCUT2D eigenvalue weighted by atomic mass is 9.86. The van der Waals surface area contributed by atoms with Crippen molar-refractivity contribution in [3.05, 3.63) is 47.5 Å². The molecule has 1 unspecified atom stereocenters. The molecule has 0 amide bonds. The number of unbranched alkanes of at least 4 members (excludes halogenated alkanes) is 3. The van der Waals surface area contributed by atoms with Crippen LogP contribution in [-0.2, 0) is 12.8 Å². The Labute approximate surface area is 229 Å². The molecule has 0 heterocycles. The van der Waals surface area contributed by atoms with E-state index in [1.165, 1.54) is 31.2 Å². The van der Waals surface area contributed by atoms with Crippen molar-refractivity contribution in [1.29, 1.82) is 0 Å². The number of hydrogen-bond donors (Lipinski definition) is 3. The highest BCUT2D eigenvalue weighted by Crippen LogP contribution is 2.36. The number of para-hydroxylation sites is 2. The van der Waals surface area contributed by atoms with E-state index in [-0.39, 0.29) is 36.3 Å². The fraction of sp³-hybridized carbons (Fsp3) is 0.571. The molecular formula is C28H44Cl2N2O4. The highest BCUT2D eigenvalue weighted by Gasteiger charge is 2.26. The van der Waals surface area contributed by atoms with Crippen LogP contribution < -0.4 is 14.8 Å². The first-order chi connectivity index (χ1) is 16.6. The minimum Gasteiger partial charge on any atom is -0.504 e. The first kappa shape index (κ1) is 32.2. The summed E-state index contributed by atoms with van der Waals surface area (Å²) in [5.41, 5.74) is 2.13. The molecule has 2 aromatic carbocycles. The number of hydrogen-bond acceptors (Lipinski definition) is 6. The highest BCUT2D eigenvalue weighted by atomic mass is 35.5. The van der Waals surface area contributed by atoms with Crippen molar-refractivity contribution in [3.63, 3.8) is 0 Å². The van der Waals surface area contributed by atoms with Crippen LogP contribution in [0.2, 0.25) is 0 Å². The Bertz CT molecular complexity index is 885. The van der Waals surface area contributed by atoms with E-state index in [1.807, 2.05) is 30.3 Å². The predicted octanol–water partition coefficient (Wildman–Crippen LogP) is 5.75. The van der Waals surface area contributed by atoms with Crippen LogP contribution in [0.3, 0.4) is 0 Å². The summed E-state index contributed by atoms with van der Waals surface area (Å²) in [5, 5.41) is 23.4. The van der Waals surface area contributed by atoms with E-state index in [4.69, 9.17) is 9.47 Å². The van der Waals surface area contributed by atoms with Crippen molar-refractivity contribution in [2.24, 2.45) is 0 Å². The van der Waals surface area contributed by atoms with Gasteiger partial charge >= 0.3 is 0 Å². The maximum atomic E-state index is 10.2. The zero-order valence-corrected chi connectivity index (χ0v) is 23.3. The number of phenols is 2. The van der Waals surface area contributed by atoms with Gasteiger partial charge in [-0.15, -0.1) is 24.8 Å². The third-order valence-electron chi connectivity index (χ3n) is 6.72. The number of ether oxygens (including phenoxy) is 2. The summed E-state index contributed by atoms with van der Waals surface area (Å²) in [6.07, 6.45) is 8.90. The Balaban J connectivity index is 0.00000324. The third kappa shape index (κ3) is 9.55. The third-order valence-corrected chi connectivity index (χ3v) is 6.72. The van der Waals surface area contributed by atoms with Gasteiger partial charge in [0.15, 0.2) is 23.0 Å². The van der Waals surface area contributed by atoms with E-state index >= 15 is 0 Å². The summed E-state index contributed by atoms with van der Waals surface area (Å²) < 4.78 is 11.1. The van der Waals surface area contributed by atoms with Crippen LogP contribution in [0.25, 0.3) is 0 Å². The van der Waals surface area contributed by atoms with Gasteiger partial charge < -0.3 is 29.9 Å². The summed E-state index contributed by atoms with van der Waals surface area (Å²) in [6.45, 7) is 6.99. The van der Waals surface area contributed by atoms with Crippen LogP contribution in [0, 0.1) is 0 Å². The second-order valence-corrected chi connectivity index (χ2v) is 9.17. The first-order valence-electron chi connectivity index (χ1n) is 12.9. The molecule has 3 rings (SSSR count). The van der Waals surface area contributed by atoms with E-state index in [0.29, 0.717) is 12.6 Å². The molecular weight excluding hydrogens is 499 g/mol. The molecule has 2 aromatic rings. The van der Waals surface area contributed by atoms with Crippen molar-refractivity contribution in [2.45, 2.75) is 64.3 Å². The SMILES string of the molecule is CCCN(CCCCCCNCCOc1ccccc1OC)C1CCc2c(ccc(O)c2O)C1.Cl.Cl. The zero-order valence-electron chi connectivity index (χ0n) is 21.7. The lowest BCUT2D eigenvalue weighted by Gasteiger charge is -2.35. The molecule has 0 fully saturated rings. The molecule has 0 radical (unpaired) electrons. The summed E-state index contributed by atoms with van der Waals surface area (Å²) in [6, 6.07) is 11.9. The quantitative estimate of drug-likeness (QED) is 0.196. The lowest BCUT2D eigenvalue weighted by molar-refractivity contribution is 0.175. The smallest absolute Gasteiger partial charge is 0.161 e. The van der Waals surface area contributed by atoms with Gasteiger partial charge in [0.1, 0.15) is 6.61 Å². The molecule has 3 N–H and O–H groups in total. The van der Waals surface area contributed by atoms with Crippen molar-refractivity contribution in [2.75, 3.05) is 39.9 Å². The first-order valence-corrected chi connectivity index (χ1v) is 12.9. The highest BCUT2D eigenvalue weighted by molar-refractivity contribution is 5.85. The average Bonchev–Trinajstić information content (AvgIpc) is 2.86. The fourth-order valence-electron chi connectivity index (χ4n) is 4.89. The number of nitrogens with zero attached hydrogens (tertiary/aromatic N) is 1. The van der Waals surface area contributed by atoms with Crippen LogP contribution in [0.15, 0.2) is 36.4 Å². The Morgan fingerprint density at radius 3 is 2.44 bits per heavy atom. The summed E-state index contributed by atoms with van der Waals surface area (Å²) in [4.78, 5) is 2.64. The molecule has 0 aliphatic heterocycles. The molecule has 36 heavy (non-hydrogen) atoms. The number of nitrogens with one attached hydrogen (secondary N) is 1. The molecule has 0 saturated carbocycles. The summed E-state index contributed by atoms with van der Waals surface area (Å²) >= 11 is 0. The standard InChI is InChI=1S/C28H42N2O4.2ClH/c1-3-18-30(23-13-14-24-22(21-23)12-15-25(31)28(24)32)19-9-5-4-8-16-29-17-20-34-27-11-7-6-10-26(27)33-2;;/h6-7,10-12,15,23,29,31-32H,3-5,8-9,13-14,16-21H2,1-2H3;2*1H. The van der Waals surface area contributed by atoms with Gasteiger partial charge in [0.05, 0.1) is 7.11 Å². The number of benzene rings is 2. The lowest BCUT2D eigenvalue weighted by Crippen LogP contribution is -2.40. The van der Waals surface area contributed by atoms with Crippen molar-refractivity contribution in [1.82, 2.24) is 10.2 Å². The second kappa shape index (κ2) is 17.6. The average molecular weight is 544 g/mol. The molecule has 0 bridgehead atoms. The zero-order chi connectivity index (χ0) is 24.2. The number of phenolic OH excluding ortho intramolecular Hbond substituents is 2. The van der Waals surface area contributed by atoms with Crippen LogP contribution >= 0.6 is 24.8 Å². The maximum Gasteiger partial charge on any atom is 0.161 e. The minimum absolute atomic E-state index is 0. The molecule has 204 valence electrons. The van der Waals surface area contributed by atoms with E-state index in [1.54, 1.807) is 13.2 Å². The van der Waals surface area contributed by atoms with Gasteiger partial charge in [-0.05, 0) is 81.9 Å². The molecule has 0 spiro atoms. The Morgan fingerprint density at radius 1 is 0.944 bits per heavy atom. The van der Waals surface area contributed by atoms with Crippen LogP contribution in [0.1, 0.15) is 56.6 Å². The topological polar surface area (TPSA) is 74.2 Å². The molecule has 8 heteroatoms. The largest absolute Gasteiger partial charge is 0.504 e. The van der Waals surface area contributed by atoms with Crippen LogP contribution in [0.4, 0.5) is 0 Å². The Kier molecular flexibility index (Phi) is 15.7. The maximum absolute atomic E-state index is 10.2. The molecule has 6 nitrogen and oxygen atoms in total. The van der Waals surface area contributed by atoms with E-state index in [2.05, 4.69) is 17.1 Å². The number of halogens is 2. The molecule has 0 saturated heterocycles. The van der Waals surface area contributed by atoms with Gasteiger partial charge in [-0.2, -0.15) is 0 Å². The molecule has 1 atom stereocenters. The number of rotatable bonds is 15. The van der Waals surface area contributed by atoms with Gasteiger partial charge in [0.25, 0.3) is 0 Å². The molecule has 0 aromatic heterocycles. The van der Waals surface area contributed by atoms with Crippen molar-refractivity contribution in [3.8, 4) is 23.0 Å². The van der Waals surface area contributed by atoms with Gasteiger partial charge in [-0.25, -0.2) is 0 Å². The van der Waals surface area contributed by atoms with Crippen molar-refractivity contribution >= 4 is 24.8 Å². The summed E-state index contributed by atoms with van der Waals surface area (Å²) in [5.74, 6) is 1.65. The normalized spacial score (nSPS) is 14.5. The van der Waals surface area contributed by atoms with Crippen molar-refractivity contribution < 1.29 is 19.7 Å². The van der Waals surface area contributed by atoms with Gasteiger partial charge in [0, 0.05) is 18.2 Å². The van der Waals surface area contributed by atoms with E-state index in [0.717, 1.165) is 68.9 Å². The number of methoxy groups -OCH3 is 1. The minimum atomic E-state index is 0. The predicted molar refractivity (Wildman–Crippen MR) is 152 cm³/mol. The number of aromatic hydroxyl groups is 2. The Hall–Kier alpha value is -1.86. The molecule has 1 aliphatic rings. The van der Waals surface area contributed by atoms with E-state index < -0.39 is 0 Å². The fourth-order valence-corrected chi connectivity index (χ4v) is 4.89. The van der Waals surface area contributed by atoms with Crippen LogP contribution in [0.5, 0.6) is 23.0 Å².